The van der Waals surface area contributed by atoms with E-state index >= 15 is 0 Å². The SMILES string of the molecule is NOCc1ccc(CF)cc1. The molecule has 0 spiro atoms. The molecule has 0 amide bonds. The van der Waals surface area contributed by atoms with Crippen LogP contribution in [0.4, 0.5) is 4.39 Å². The van der Waals surface area contributed by atoms with Gasteiger partial charge in [-0.15, -0.1) is 0 Å². The largest absolute Gasteiger partial charge is 0.300 e. The predicted octanol–water partition coefficient (Wildman–Crippen LogP) is 1.55. The summed E-state index contributed by atoms with van der Waals surface area (Å²) in [6.07, 6.45) is 0. The van der Waals surface area contributed by atoms with Gasteiger partial charge in [0.05, 0.1) is 6.61 Å². The molecule has 11 heavy (non-hydrogen) atoms. The molecule has 0 aliphatic heterocycles. The summed E-state index contributed by atoms with van der Waals surface area (Å²) in [6.45, 7) is -0.0592. The van der Waals surface area contributed by atoms with E-state index in [9.17, 15) is 4.39 Å². The Morgan fingerprint density at radius 1 is 1.18 bits per heavy atom. The van der Waals surface area contributed by atoms with Gasteiger partial charge in [-0.25, -0.2) is 10.3 Å². The van der Waals surface area contributed by atoms with E-state index in [1.807, 2.05) is 0 Å². The van der Waals surface area contributed by atoms with Gasteiger partial charge in [-0.3, -0.25) is 4.84 Å². The van der Waals surface area contributed by atoms with Gasteiger partial charge < -0.3 is 0 Å². The highest BCUT2D eigenvalue weighted by Gasteiger charge is 1.92. The first kappa shape index (κ1) is 8.17. The lowest BCUT2D eigenvalue weighted by Gasteiger charge is -1.98. The molecule has 0 saturated heterocycles. The lowest BCUT2D eigenvalue weighted by Crippen LogP contribution is -1.98. The second-order valence-corrected chi connectivity index (χ2v) is 2.26. The van der Waals surface area contributed by atoms with Crippen molar-refractivity contribution < 1.29 is 9.23 Å². The third-order valence-electron chi connectivity index (χ3n) is 1.43. The molecule has 1 aromatic carbocycles. The van der Waals surface area contributed by atoms with Crippen molar-refractivity contribution in [3.63, 3.8) is 0 Å². The van der Waals surface area contributed by atoms with Crippen LogP contribution in [0.1, 0.15) is 11.1 Å². The molecule has 1 aromatic rings. The molecule has 0 fully saturated rings. The van der Waals surface area contributed by atoms with Crippen molar-refractivity contribution in [3.05, 3.63) is 35.4 Å². The van der Waals surface area contributed by atoms with E-state index in [4.69, 9.17) is 5.90 Å². The van der Waals surface area contributed by atoms with E-state index in [-0.39, 0.29) is 0 Å². The number of halogens is 1. The first-order valence-corrected chi connectivity index (χ1v) is 3.32. The zero-order valence-electron chi connectivity index (χ0n) is 6.09. The maximum absolute atomic E-state index is 12.0. The molecule has 0 heterocycles. The fourth-order valence-electron chi connectivity index (χ4n) is 0.821. The third-order valence-corrected chi connectivity index (χ3v) is 1.43. The fraction of sp³-hybridized carbons (Fsp3) is 0.250. The van der Waals surface area contributed by atoms with Crippen molar-refractivity contribution in [2.75, 3.05) is 0 Å². The average Bonchev–Trinajstić information content (AvgIpc) is 2.07. The number of hydrogen-bond acceptors (Lipinski definition) is 2. The minimum atomic E-state index is -0.427. The first-order valence-electron chi connectivity index (χ1n) is 3.32. The first-order chi connectivity index (χ1) is 5.36. The molecular formula is C8H10FNO. The number of hydrogen-bond donors (Lipinski definition) is 1. The quantitative estimate of drug-likeness (QED) is 0.672. The minimum absolute atomic E-state index is 0.368. The van der Waals surface area contributed by atoms with Gasteiger partial charge in [0.25, 0.3) is 0 Å². The summed E-state index contributed by atoms with van der Waals surface area (Å²) in [5, 5.41) is 0. The van der Waals surface area contributed by atoms with Crippen molar-refractivity contribution in [1.29, 1.82) is 0 Å². The van der Waals surface area contributed by atoms with Crippen LogP contribution in [0, 0.1) is 0 Å². The third kappa shape index (κ3) is 2.29. The lowest BCUT2D eigenvalue weighted by atomic mass is 10.2. The molecule has 0 bridgehead atoms. The highest BCUT2D eigenvalue weighted by molar-refractivity contribution is 5.21. The highest BCUT2D eigenvalue weighted by atomic mass is 19.1. The molecule has 0 aromatic heterocycles. The summed E-state index contributed by atoms with van der Waals surface area (Å²) in [7, 11) is 0. The van der Waals surface area contributed by atoms with Crippen LogP contribution in [0.5, 0.6) is 0 Å². The van der Waals surface area contributed by atoms with Crippen molar-refractivity contribution in [1.82, 2.24) is 0 Å². The predicted molar refractivity (Wildman–Crippen MR) is 40.2 cm³/mol. The number of rotatable bonds is 3. The Labute approximate surface area is 64.7 Å². The monoisotopic (exact) mass is 155 g/mol. The Bertz CT molecular complexity index is 210. The summed E-state index contributed by atoms with van der Waals surface area (Å²) in [6, 6.07) is 7.02. The van der Waals surface area contributed by atoms with Crippen LogP contribution < -0.4 is 5.90 Å². The van der Waals surface area contributed by atoms with Gasteiger partial charge >= 0.3 is 0 Å². The number of benzene rings is 1. The maximum Gasteiger partial charge on any atom is 0.115 e. The van der Waals surface area contributed by atoms with Crippen LogP contribution in [0.2, 0.25) is 0 Å². The zero-order chi connectivity index (χ0) is 8.10. The molecule has 3 heteroatoms. The second-order valence-electron chi connectivity index (χ2n) is 2.26. The van der Waals surface area contributed by atoms with Crippen molar-refractivity contribution in [3.8, 4) is 0 Å². The Hall–Kier alpha value is -0.930. The van der Waals surface area contributed by atoms with Crippen LogP contribution in [-0.4, -0.2) is 0 Å². The molecule has 0 aliphatic rings. The average molecular weight is 155 g/mol. The smallest absolute Gasteiger partial charge is 0.115 e. The minimum Gasteiger partial charge on any atom is -0.300 e. The summed E-state index contributed by atoms with van der Waals surface area (Å²) in [5.41, 5.74) is 1.62. The molecule has 60 valence electrons. The van der Waals surface area contributed by atoms with Gasteiger partial charge in [0.2, 0.25) is 0 Å². The van der Waals surface area contributed by atoms with E-state index in [2.05, 4.69) is 4.84 Å². The molecule has 0 radical (unpaired) electrons. The summed E-state index contributed by atoms with van der Waals surface area (Å²) >= 11 is 0. The topological polar surface area (TPSA) is 35.2 Å². The van der Waals surface area contributed by atoms with Gasteiger partial charge in [0.1, 0.15) is 6.67 Å². The lowest BCUT2D eigenvalue weighted by molar-refractivity contribution is 0.124. The number of nitrogens with two attached hydrogens (primary N) is 1. The molecule has 0 aliphatic carbocycles. The van der Waals surface area contributed by atoms with Crippen LogP contribution in [0.3, 0.4) is 0 Å². The van der Waals surface area contributed by atoms with Gasteiger partial charge in [-0.2, -0.15) is 0 Å². The van der Waals surface area contributed by atoms with E-state index < -0.39 is 6.67 Å². The van der Waals surface area contributed by atoms with E-state index in [1.54, 1.807) is 24.3 Å². The van der Waals surface area contributed by atoms with Gasteiger partial charge in [0, 0.05) is 0 Å². The molecule has 0 saturated carbocycles. The fourth-order valence-corrected chi connectivity index (χ4v) is 0.821. The maximum atomic E-state index is 12.0. The summed E-state index contributed by atoms with van der Waals surface area (Å²) < 4.78 is 12.0. The van der Waals surface area contributed by atoms with Crippen molar-refractivity contribution in [2.24, 2.45) is 5.90 Å². The van der Waals surface area contributed by atoms with Crippen molar-refractivity contribution in [2.45, 2.75) is 13.3 Å². The van der Waals surface area contributed by atoms with E-state index in [0.29, 0.717) is 12.2 Å². The molecular weight excluding hydrogens is 145 g/mol. The molecule has 2 N–H and O–H groups in total. The van der Waals surface area contributed by atoms with Gasteiger partial charge in [-0.1, -0.05) is 24.3 Å². The summed E-state index contributed by atoms with van der Waals surface area (Å²) in [5.74, 6) is 4.86. The normalized spacial score (nSPS) is 10.0. The van der Waals surface area contributed by atoms with Crippen LogP contribution in [0.15, 0.2) is 24.3 Å². The van der Waals surface area contributed by atoms with E-state index in [1.165, 1.54) is 0 Å². The molecule has 1 rings (SSSR count). The summed E-state index contributed by atoms with van der Waals surface area (Å²) in [4.78, 5) is 4.41. The molecule has 0 atom stereocenters. The Morgan fingerprint density at radius 3 is 2.18 bits per heavy atom. The number of alkyl halides is 1. The van der Waals surface area contributed by atoms with Crippen LogP contribution >= 0.6 is 0 Å². The molecule has 2 nitrogen and oxygen atoms in total. The molecule has 0 unspecified atom stereocenters. The Morgan fingerprint density at radius 2 is 1.73 bits per heavy atom. The standard InChI is InChI=1S/C8H10FNO/c9-5-7-1-3-8(4-2-7)6-11-10/h1-4H,5-6,10H2. The Kier molecular flexibility index (Phi) is 3.01. The van der Waals surface area contributed by atoms with E-state index in [0.717, 1.165) is 5.56 Å². The highest BCUT2D eigenvalue weighted by Crippen LogP contribution is 2.05. The van der Waals surface area contributed by atoms with Gasteiger partial charge in [0.15, 0.2) is 0 Å². The van der Waals surface area contributed by atoms with Crippen LogP contribution in [-0.2, 0) is 18.1 Å². The zero-order valence-corrected chi connectivity index (χ0v) is 6.09. The second kappa shape index (κ2) is 4.05. The van der Waals surface area contributed by atoms with Crippen molar-refractivity contribution >= 4 is 0 Å². The van der Waals surface area contributed by atoms with Crippen LogP contribution in [0.25, 0.3) is 0 Å². The Balaban J connectivity index is 2.66. The van der Waals surface area contributed by atoms with Gasteiger partial charge in [-0.05, 0) is 11.1 Å².